The molecule has 0 fully saturated rings. The smallest absolute Gasteiger partial charge is 0.322 e. The number of rotatable bonds is 6. The summed E-state index contributed by atoms with van der Waals surface area (Å²) in [7, 11) is 1.91. The first-order valence-corrected chi connectivity index (χ1v) is 10.5. The van der Waals surface area contributed by atoms with Gasteiger partial charge in [0.05, 0.1) is 25.5 Å². The molecule has 2 heterocycles. The van der Waals surface area contributed by atoms with Gasteiger partial charge in [-0.2, -0.15) is 5.10 Å². The molecule has 31 heavy (non-hydrogen) atoms. The standard InChI is InChI=1S/C24H27FN4O2/c1-3-17-8-10-19(11-9-17)26-24(30)29-13-12-23-20(14-29)22(27-28(23)2)16-31-15-18-6-4-5-7-21(18)25/h4-11H,3,12-16H2,1-2H3,(H,26,30). The van der Waals surface area contributed by atoms with Gasteiger partial charge in [-0.15, -0.1) is 0 Å². The fourth-order valence-corrected chi connectivity index (χ4v) is 3.86. The van der Waals surface area contributed by atoms with Crippen molar-refractivity contribution in [3.63, 3.8) is 0 Å². The van der Waals surface area contributed by atoms with Crippen molar-refractivity contribution in [2.75, 3.05) is 11.9 Å². The number of hydrogen-bond donors (Lipinski definition) is 1. The monoisotopic (exact) mass is 422 g/mol. The van der Waals surface area contributed by atoms with Gasteiger partial charge in [-0.3, -0.25) is 4.68 Å². The number of hydrogen-bond acceptors (Lipinski definition) is 3. The lowest BCUT2D eigenvalue weighted by atomic mass is 10.1. The molecule has 1 N–H and O–H groups in total. The minimum Gasteiger partial charge on any atom is -0.370 e. The van der Waals surface area contributed by atoms with Crippen molar-refractivity contribution in [2.24, 2.45) is 7.05 Å². The lowest BCUT2D eigenvalue weighted by Crippen LogP contribution is -2.39. The van der Waals surface area contributed by atoms with Crippen molar-refractivity contribution < 1.29 is 13.9 Å². The maximum Gasteiger partial charge on any atom is 0.322 e. The Balaban J connectivity index is 1.40. The zero-order chi connectivity index (χ0) is 21.8. The largest absolute Gasteiger partial charge is 0.370 e. The molecule has 1 aromatic heterocycles. The normalized spacial score (nSPS) is 13.2. The maximum absolute atomic E-state index is 13.8. The molecule has 2 aromatic carbocycles. The summed E-state index contributed by atoms with van der Waals surface area (Å²) in [5.41, 5.74) is 5.45. The van der Waals surface area contributed by atoms with Gasteiger partial charge in [-0.05, 0) is 30.2 Å². The Labute approximate surface area is 181 Å². The van der Waals surface area contributed by atoms with Crippen LogP contribution in [-0.2, 0) is 44.4 Å². The maximum atomic E-state index is 13.8. The van der Waals surface area contributed by atoms with Gasteiger partial charge in [0, 0.05) is 42.5 Å². The Morgan fingerprint density at radius 1 is 1.16 bits per heavy atom. The molecule has 0 atom stereocenters. The van der Waals surface area contributed by atoms with E-state index in [0.29, 0.717) is 18.7 Å². The van der Waals surface area contributed by atoms with Gasteiger partial charge in [0.15, 0.2) is 0 Å². The topological polar surface area (TPSA) is 59.4 Å². The first kappa shape index (κ1) is 21.1. The Kier molecular flexibility index (Phi) is 6.32. The Hall–Kier alpha value is -3.19. The lowest BCUT2D eigenvalue weighted by Gasteiger charge is -2.28. The minimum atomic E-state index is -0.277. The molecule has 1 aliphatic heterocycles. The van der Waals surface area contributed by atoms with Crippen LogP contribution in [0, 0.1) is 5.82 Å². The first-order chi connectivity index (χ1) is 15.0. The van der Waals surface area contributed by atoms with Crippen molar-refractivity contribution in [2.45, 2.75) is 39.5 Å². The van der Waals surface area contributed by atoms with Gasteiger partial charge in [0.25, 0.3) is 0 Å². The molecule has 0 radical (unpaired) electrons. The van der Waals surface area contributed by atoms with Crippen LogP contribution >= 0.6 is 0 Å². The van der Waals surface area contributed by atoms with Crippen LogP contribution in [0.1, 0.15) is 35.0 Å². The highest BCUT2D eigenvalue weighted by Gasteiger charge is 2.26. The van der Waals surface area contributed by atoms with Gasteiger partial charge in [-0.25, -0.2) is 9.18 Å². The summed E-state index contributed by atoms with van der Waals surface area (Å²) in [5, 5.41) is 7.56. The first-order valence-electron chi connectivity index (χ1n) is 10.5. The van der Waals surface area contributed by atoms with Crippen LogP contribution in [0.25, 0.3) is 0 Å². The second kappa shape index (κ2) is 9.31. The highest BCUT2D eigenvalue weighted by atomic mass is 19.1. The van der Waals surface area contributed by atoms with Crippen molar-refractivity contribution in [3.8, 4) is 0 Å². The number of carbonyl (C=O) groups is 1. The summed E-state index contributed by atoms with van der Waals surface area (Å²) < 4.78 is 21.4. The van der Waals surface area contributed by atoms with Gasteiger partial charge in [-0.1, -0.05) is 37.3 Å². The minimum absolute atomic E-state index is 0.128. The molecule has 162 valence electrons. The fourth-order valence-electron chi connectivity index (χ4n) is 3.86. The summed E-state index contributed by atoms with van der Waals surface area (Å²) in [6.45, 7) is 3.65. The van der Waals surface area contributed by atoms with Crippen LogP contribution in [0.5, 0.6) is 0 Å². The molecule has 3 aromatic rings. The van der Waals surface area contributed by atoms with E-state index in [4.69, 9.17) is 4.74 Å². The molecule has 0 bridgehead atoms. The molecule has 6 nitrogen and oxygen atoms in total. The molecule has 4 rings (SSSR count). The van der Waals surface area contributed by atoms with E-state index in [9.17, 15) is 9.18 Å². The van der Waals surface area contributed by atoms with E-state index in [1.165, 1.54) is 11.6 Å². The number of amides is 2. The van der Waals surface area contributed by atoms with E-state index in [1.54, 1.807) is 23.1 Å². The molecule has 0 saturated carbocycles. The molecule has 7 heteroatoms. The average molecular weight is 423 g/mol. The van der Waals surface area contributed by atoms with Crippen molar-refractivity contribution in [3.05, 3.63) is 82.4 Å². The Morgan fingerprint density at radius 2 is 1.94 bits per heavy atom. The number of aromatic nitrogens is 2. The third kappa shape index (κ3) is 4.77. The van der Waals surface area contributed by atoms with Crippen LogP contribution < -0.4 is 5.32 Å². The highest BCUT2D eigenvalue weighted by molar-refractivity contribution is 5.89. The quantitative estimate of drug-likeness (QED) is 0.639. The van der Waals surface area contributed by atoms with E-state index in [2.05, 4.69) is 17.3 Å². The van der Waals surface area contributed by atoms with Gasteiger partial charge in [0.2, 0.25) is 0 Å². The number of nitrogens with zero attached hydrogens (tertiary/aromatic N) is 3. The van der Waals surface area contributed by atoms with Crippen LogP contribution in [-0.4, -0.2) is 27.3 Å². The molecular formula is C24H27FN4O2. The summed E-state index contributed by atoms with van der Waals surface area (Å²) >= 11 is 0. The number of halogens is 1. The second-order valence-electron chi connectivity index (χ2n) is 7.73. The zero-order valence-electron chi connectivity index (χ0n) is 17.9. The predicted octanol–water partition coefficient (Wildman–Crippen LogP) is 4.43. The van der Waals surface area contributed by atoms with E-state index in [-0.39, 0.29) is 25.1 Å². The molecule has 1 aliphatic rings. The van der Waals surface area contributed by atoms with Gasteiger partial charge < -0.3 is 15.0 Å². The van der Waals surface area contributed by atoms with Crippen molar-refractivity contribution >= 4 is 11.7 Å². The highest BCUT2D eigenvalue weighted by Crippen LogP contribution is 2.24. The number of urea groups is 1. The number of carbonyl (C=O) groups excluding carboxylic acids is 1. The summed E-state index contributed by atoms with van der Waals surface area (Å²) in [6.07, 6.45) is 1.69. The lowest BCUT2D eigenvalue weighted by molar-refractivity contribution is 0.101. The van der Waals surface area contributed by atoms with Crippen LogP contribution in [0.4, 0.5) is 14.9 Å². The van der Waals surface area contributed by atoms with Crippen molar-refractivity contribution in [1.29, 1.82) is 0 Å². The SMILES string of the molecule is CCc1ccc(NC(=O)N2CCc3c(c(COCc4ccccc4F)nn3C)C2)cc1. The van der Waals surface area contributed by atoms with Crippen LogP contribution in [0.15, 0.2) is 48.5 Å². The number of aryl methyl sites for hydroxylation is 2. The summed E-state index contributed by atoms with van der Waals surface area (Å²) in [4.78, 5) is 14.6. The predicted molar refractivity (Wildman–Crippen MR) is 117 cm³/mol. The molecule has 2 amide bonds. The molecule has 0 spiro atoms. The number of benzene rings is 2. The van der Waals surface area contributed by atoms with Crippen molar-refractivity contribution in [1.82, 2.24) is 14.7 Å². The second-order valence-corrected chi connectivity index (χ2v) is 7.73. The summed E-state index contributed by atoms with van der Waals surface area (Å²) in [5.74, 6) is -0.277. The number of nitrogens with one attached hydrogen (secondary N) is 1. The van der Waals surface area contributed by atoms with Gasteiger partial charge >= 0.3 is 6.03 Å². The molecular weight excluding hydrogens is 395 g/mol. The van der Waals surface area contributed by atoms with Crippen LogP contribution in [0.2, 0.25) is 0 Å². The molecule has 0 saturated heterocycles. The fraction of sp³-hybridized carbons (Fsp3) is 0.333. The number of anilines is 1. The number of ether oxygens (including phenoxy) is 1. The van der Waals surface area contributed by atoms with E-state index in [0.717, 1.165) is 35.5 Å². The van der Waals surface area contributed by atoms with Crippen LogP contribution in [0.3, 0.4) is 0 Å². The Morgan fingerprint density at radius 3 is 2.68 bits per heavy atom. The number of fused-ring (bicyclic) bond motifs is 1. The molecule has 0 aliphatic carbocycles. The Bertz CT molecular complexity index is 1060. The average Bonchev–Trinajstić information content (AvgIpc) is 3.10. The van der Waals surface area contributed by atoms with Gasteiger partial charge in [0.1, 0.15) is 5.82 Å². The van der Waals surface area contributed by atoms with E-state index in [1.807, 2.05) is 36.0 Å². The summed E-state index contributed by atoms with van der Waals surface area (Å²) in [6, 6.07) is 14.4. The van der Waals surface area contributed by atoms with E-state index >= 15 is 0 Å². The van der Waals surface area contributed by atoms with E-state index < -0.39 is 0 Å². The molecule has 0 unspecified atom stereocenters. The third-order valence-electron chi connectivity index (χ3n) is 5.68. The zero-order valence-corrected chi connectivity index (χ0v) is 17.9. The third-order valence-corrected chi connectivity index (χ3v) is 5.68.